The van der Waals surface area contributed by atoms with E-state index >= 15 is 0 Å². The molecular formula is C13H11N3O2. The highest BCUT2D eigenvalue weighted by Gasteiger charge is 2.02. The Morgan fingerprint density at radius 2 is 1.44 bits per heavy atom. The van der Waals surface area contributed by atoms with Crippen LogP contribution in [-0.4, -0.2) is 11.1 Å². The second kappa shape index (κ2) is 5.70. The molecule has 0 bridgehead atoms. The van der Waals surface area contributed by atoms with Gasteiger partial charge < -0.3 is 0 Å². The fourth-order valence-corrected chi connectivity index (χ4v) is 1.35. The molecule has 0 saturated heterocycles. The molecule has 0 aliphatic heterocycles. The first-order valence-corrected chi connectivity index (χ1v) is 5.31. The Morgan fingerprint density at radius 1 is 0.889 bits per heavy atom. The van der Waals surface area contributed by atoms with E-state index in [-0.39, 0.29) is 0 Å². The standard InChI is InChI=1S/C13H11N3O2/c17-13(16-18)10-6-8-12(9-7-10)15-14-11-4-2-1-3-5-11/h1-9,18H,(H,16,17). The first-order chi connectivity index (χ1) is 8.79. The predicted molar refractivity (Wildman–Crippen MR) is 66.3 cm³/mol. The number of carbonyl (C=O) groups excluding carboxylic acids is 1. The molecule has 2 aromatic carbocycles. The SMILES string of the molecule is O=C(NO)c1ccc(N=Nc2ccccc2)cc1. The van der Waals surface area contributed by atoms with Gasteiger partial charge in [-0.2, -0.15) is 10.2 Å². The summed E-state index contributed by atoms with van der Waals surface area (Å²) in [5.41, 5.74) is 3.31. The number of rotatable bonds is 3. The summed E-state index contributed by atoms with van der Waals surface area (Å²) in [6.45, 7) is 0. The zero-order valence-corrected chi connectivity index (χ0v) is 9.45. The maximum Gasteiger partial charge on any atom is 0.274 e. The number of hydrogen-bond donors (Lipinski definition) is 2. The fraction of sp³-hybridized carbons (Fsp3) is 0. The Balaban J connectivity index is 2.11. The normalized spacial score (nSPS) is 10.5. The van der Waals surface area contributed by atoms with Crippen LogP contribution in [-0.2, 0) is 0 Å². The zero-order valence-electron chi connectivity index (χ0n) is 9.45. The lowest BCUT2D eigenvalue weighted by Gasteiger charge is -1.98. The highest BCUT2D eigenvalue weighted by Crippen LogP contribution is 2.18. The van der Waals surface area contributed by atoms with Crippen molar-refractivity contribution in [2.75, 3.05) is 0 Å². The molecular weight excluding hydrogens is 230 g/mol. The van der Waals surface area contributed by atoms with Crippen molar-refractivity contribution in [3.8, 4) is 0 Å². The van der Waals surface area contributed by atoms with E-state index in [0.29, 0.717) is 11.3 Å². The van der Waals surface area contributed by atoms with E-state index in [0.717, 1.165) is 5.69 Å². The topological polar surface area (TPSA) is 74.0 Å². The summed E-state index contributed by atoms with van der Waals surface area (Å²) in [5.74, 6) is -0.554. The van der Waals surface area contributed by atoms with E-state index in [1.807, 2.05) is 30.3 Å². The van der Waals surface area contributed by atoms with E-state index in [4.69, 9.17) is 5.21 Å². The number of hydrogen-bond acceptors (Lipinski definition) is 4. The molecule has 0 aromatic heterocycles. The van der Waals surface area contributed by atoms with Crippen molar-refractivity contribution in [1.82, 2.24) is 5.48 Å². The van der Waals surface area contributed by atoms with Crippen molar-refractivity contribution in [2.45, 2.75) is 0 Å². The molecule has 18 heavy (non-hydrogen) atoms. The summed E-state index contributed by atoms with van der Waals surface area (Å²) < 4.78 is 0. The van der Waals surface area contributed by atoms with Crippen LogP contribution in [0.3, 0.4) is 0 Å². The molecule has 0 saturated carbocycles. The minimum Gasteiger partial charge on any atom is -0.288 e. The highest BCUT2D eigenvalue weighted by atomic mass is 16.5. The van der Waals surface area contributed by atoms with Gasteiger partial charge in [-0.25, -0.2) is 5.48 Å². The largest absolute Gasteiger partial charge is 0.288 e. The van der Waals surface area contributed by atoms with Crippen LogP contribution in [0.4, 0.5) is 11.4 Å². The molecule has 90 valence electrons. The van der Waals surface area contributed by atoms with Crippen molar-refractivity contribution in [3.05, 3.63) is 60.2 Å². The quantitative estimate of drug-likeness (QED) is 0.492. The molecule has 0 aliphatic carbocycles. The van der Waals surface area contributed by atoms with Crippen molar-refractivity contribution in [2.24, 2.45) is 10.2 Å². The molecule has 0 radical (unpaired) electrons. The predicted octanol–water partition coefficient (Wildman–Crippen LogP) is 3.22. The van der Waals surface area contributed by atoms with Gasteiger partial charge in [-0.05, 0) is 36.4 Å². The van der Waals surface area contributed by atoms with E-state index in [9.17, 15) is 4.79 Å². The van der Waals surface area contributed by atoms with Crippen LogP contribution in [0.5, 0.6) is 0 Å². The molecule has 2 N–H and O–H groups in total. The van der Waals surface area contributed by atoms with E-state index in [1.165, 1.54) is 0 Å². The Labute approximate surface area is 104 Å². The first kappa shape index (κ1) is 11.9. The van der Waals surface area contributed by atoms with E-state index in [1.54, 1.807) is 29.7 Å². The Bertz CT molecular complexity index is 550. The number of hydroxylamine groups is 1. The average Bonchev–Trinajstić information content (AvgIpc) is 2.46. The van der Waals surface area contributed by atoms with Gasteiger partial charge in [0.15, 0.2) is 0 Å². The van der Waals surface area contributed by atoms with Gasteiger partial charge in [-0.15, -0.1) is 0 Å². The smallest absolute Gasteiger partial charge is 0.274 e. The lowest BCUT2D eigenvalue weighted by molar-refractivity contribution is 0.0706. The van der Waals surface area contributed by atoms with Crippen LogP contribution < -0.4 is 5.48 Å². The van der Waals surface area contributed by atoms with Gasteiger partial charge in [0.1, 0.15) is 0 Å². The summed E-state index contributed by atoms with van der Waals surface area (Å²) in [4.78, 5) is 11.1. The van der Waals surface area contributed by atoms with Gasteiger partial charge in [0.25, 0.3) is 5.91 Å². The third-order valence-electron chi connectivity index (χ3n) is 2.27. The number of carbonyl (C=O) groups is 1. The van der Waals surface area contributed by atoms with Gasteiger partial charge in [-0.3, -0.25) is 10.0 Å². The number of amides is 1. The second-order valence-electron chi connectivity index (χ2n) is 3.52. The summed E-state index contributed by atoms with van der Waals surface area (Å²) in [5, 5.41) is 16.5. The van der Waals surface area contributed by atoms with Crippen LogP contribution >= 0.6 is 0 Å². The maximum absolute atomic E-state index is 11.1. The summed E-state index contributed by atoms with van der Waals surface area (Å²) in [7, 11) is 0. The van der Waals surface area contributed by atoms with Crippen LogP contribution in [0.2, 0.25) is 0 Å². The van der Waals surface area contributed by atoms with Crippen LogP contribution in [0.25, 0.3) is 0 Å². The number of nitrogens with one attached hydrogen (secondary N) is 1. The Kier molecular flexibility index (Phi) is 3.78. The zero-order chi connectivity index (χ0) is 12.8. The Morgan fingerprint density at radius 3 is 2.00 bits per heavy atom. The third kappa shape index (κ3) is 2.99. The minimum absolute atomic E-state index is 0.358. The number of benzene rings is 2. The number of azo groups is 1. The molecule has 0 heterocycles. The average molecular weight is 241 g/mol. The molecule has 0 atom stereocenters. The summed E-state index contributed by atoms with van der Waals surface area (Å²) in [6, 6.07) is 15.8. The monoisotopic (exact) mass is 241 g/mol. The minimum atomic E-state index is -0.554. The van der Waals surface area contributed by atoms with Crippen molar-refractivity contribution >= 4 is 17.3 Å². The lowest BCUT2D eigenvalue weighted by Crippen LogP contribution is -2.18. The van der Waals surface area contributed by atoms with Crippen molar-refractivity contribution in [1.29, 1.82) is 0 Å². The van der Waals surface area contributed by atoms with Gasteiger partial charge in [0.2, 0.25) is 0 Å². The van der Waals surface area contributed by atoms with Crippen LogP contribution in [0, 0.1) is 0 Å². The van der Waals surface area contributed by atoms with Crippen molar-refractivity contribution < 1.29 is 10.0 Å². The van der Waals surface area contributed by atoms with Crippen LogP contribution in [0.15, 0.2) is 64.8 Å². The summed E-state index contributed by atoms with van der Waals surface area (Å²) in [6.07, 6.45) is 0. The van der Waals surface area contributed by atoms with Crippen LogP contribution in [0.1, 0.15) is 10.4 Å². The molecule has 0 fully saturated rings. The second-order valence-corrected chi connectivity index (χ2v) is 3.52. The van der Waals surface area contributed by atoms with E-state index < -0.39 is 5.91 Å². The van der Waals surface area contributed by atoms with Gasteiger partial charge >= 0.3 is 0 Å². The van der Waals surface area contributed by atoms with Gasteiger partial charge in [0, 0.05) is 5.56 Å². The molecule has 2 rings (SSSR count). The highest BCUT2D eigenvalue weighted by molar-refractivity contribution is 5.93. The number of nitrogens with zero attached hydrogens (tertiary/aromatic N) is 2. The molecule has 0 unspecified atom stereocenters. The molecule has 1 amide bonds. The fourth-order valence-electron chi connectivity index (χ4n) is 1.35. The molecule has 0 spiro atoms. The van der Waals surface area contributed by atoms with E-state index in [2.05, 4.69) is 10.2 Å². The maximum atomic E-state index is 11.1. The summed E-state index contributed by atoms with van der Waals surface area (Å²) >= 11 is 0. The first-order valence-electron chi connectivity index (χ1n) is 5.31. The van der Waals surface area contributed by atoms with Gasteiger partial charge in [0.05, 0.1) is 11.4 Å². The molecule has 5 heteroatoms. The molecule has 2 aromatic rings. The molecule has 0 aliphatic rings. The Hall–Kier alpha value is -2.53. The molecule has 5 nitrogen and oxygen atoms in total. The van der Waals surface area contributed by atoms with Crippen molar-refractivity contribution in [3.63, 3.8) is 0 Å². The van der Waals surface area contributed by atoms with Gasteiger partial charge in [-0.1, -0.05) is 18.2 Å². The lowest BCUT2D eigenvalue weighted by atomic mass is 10.2. The third-order valence-corrected chi connectivity index (χ3v) is 2.27.